The van der Waals surface area contributed by atoms with Crippen LogP contribution in [-0.4, -0.2) is 88.6 Å². The number of hydrogen-bond acceptors (Lipinski definition) is 8. The molecule has 2 aliphatic rings. The number of carbonyl (C=O) groups excluding carboxylic acids is 4. The minimum atomic E-state index is -0.963. The summed E-state index contributed by atoms with van der Waals surface area (Å²) in [6.45, 7) is 0.754. The van der Waals surface area contributed by atoms with Crippen LogP contribution in [0.2, 0.25) is 0 Å². The number of nitro benzene ring substituents is 1. The zero-order valence-corrected chi connectivity index (χ0v) is 21.6. The number of guanidine groups is 1. The van der Waals surface area contributed by atoms with Crippen molar-refractivity contribution in [2.45, 2.75) is 56.7 Å². The molecule has 0 radical (unpaired) electrons. The topological polar surface area (TPSA) is 232 Å². The van der Waals surface area contributed by atoms with E-state index in [4.69, 9.17) is 17.2 Å². The van der Waals surface area contributed by atoms with Gasteiger partial charge in [0.15, 0.2) is 5.96 Å². The van der Waals surface area contributed by atoms with Gasteiger partial charge in [0.2, 0.25) is 23.6 Å². The number of anilines is 1. The number of nitro groups is 1. The van der Waals surface area contributed by atoms with E-state index in [1.807, 2.05) is 0 Å². The highest BCUT2D eigenvalue weighted by molar-refractivity contribution is 5.99. The largest absolute Gasteiger partial charge is 0.370 e. The Bertz CT molecular complexity index is 1110. The number of benzene rings is 1. The van der Waals surface area contributed by atoms with Crippen LogP contribution >= 0.6 is 0 Å². The zero-order chi connectivity index (χ0) is 28.5. The monoisotopic (exact) mass is 545 g/mol. The molecule has 0 spiro atoms. The summed E-state index contributed by atoms with van der Waals surface area (Å²) < 4.78 is 0. The molecule has 3 atom stereocenters. The number of amides is 4. The van der Waals surface area contributed by atoms with E-state index in [2.05, 4.69) is 15.6 Å². The van der Waals surface area contributed by atoms with Gasteiger partial charge in [0.25, 0.3) is 5.69 Å². The summed E-state index contributed by atoms with van der Waals surface area (Å²) in [6, 6.07) is 2.91. The Morgan fingerprint density at radius 2 is 1.64 bits per heavy atom. The summed E-state index contributed by atoms with van der Waals surface area (Å²) in [4.78, 5) is 69.2. The van der Waals surface area contributed by atoms with Gasteiger partial charge in [-0.25, -0.2) is 0 Å². The van der Waals surface area contributed by atoms with E-state index < -0.39 is 40.8 Å². The number of aliphatic imine (C=N–C) groups is 1. The zero-order valence-electron chi connectivity index (χ0n) is 21.6. The highest BCUT2D eigenvalue weighted by Gasteiger charge is 2.40. The molecule has 2 saturated heterocycles. The van der Waals surface area contributed by atoms with E-state index in [0.29, 0.717) is 50.9 Å². The Labute approximate surface area is 225 Å². The van der Waals surface area contributed by atoms with Crippen molar-refractivity contribution in [3.05, 3.63) is 34.4 Å². The van der Waals surface area contributed by atoms with Crippen LogP contribution < -0.4 is 27.8 Å². The minimum absolute atomic E-state index is 0.0914. The highest BCUT2D eigenvalue weighted by atomic mass is 16.6. The Hall–Kier alpha value is -4.27. The van der Waals surface area contributed by atoms with Crippen LogP contribution in [0.3, 0.4) is 0 Å². The van der Waals surface area contributed by atoms with Gasteiger partial charge in [-0.1, -0.05) is 0 Å². The van der Waals surface area contributed by atoms with Gasteiger partial charge >= 0.3 is 0 Å². The van der Waals surface area contributed by atoms with Gasteiger partial charge in [-0.15, -0.1) is 0 Å². The first-order valence-corrected chi connectivity index (χ1v) is 12.8. The SMILES string of the molecule is NCC(=O)N1CCC[C@H]1C(=O)N[C@@H](CCCN=C(N)N)C(=O)N1CCC[C@H]1C(=O)Nc1ccc([N+](=O)[O-])cc1. The van der Waals surface area contributed by atoms with Crippen molar-refractivity contribution < 1.29 is 24.1 Å². The Balaban J connectivity index is 1.72. The molecule has 3 rings (SSSR count). The summed E-state index contributed by atoms with van der Waals surface area (Å²) in [5.74, 6) is -1.75. The van der Waals surface area contributed by atoms with Gasteiger partial charge in [-0.2, -0.15) is 0 Å². The van der Waals surface area contributed by atoms with Crippen LogP contribution in [0.1, 0.15) is 38.5 Å². The molecular formula is C24H35N9O6. The molecule has 8 N–H and O–H groups in total. The first-order valence-electron chi connectivity index (χ1n) is 12.8. The predicted octanol–water partition coefficient (Wildman–Crippen LogP) is -0.988. The maximum absolute atomic E-state index is 13.7. The van der Waals surface area contributed by atoms with E-state index in [0.717, 1.165) is 0 Å². The summed E-state index contributed by atoms with van der Waals surface area (Å²) in [5, 5.41) is 16.4. The molecule has 2 heterocycles. The lowest BCUT2D eigenvalue weighted by Gasteiger charge is -2.30. The second kappa shape index (κ2) is 13.5. The molecule has 15 nitrogen and oxygen atoms in total. The van der Waals surface area contributed by atoms with Crippen molar-refractivity contribution in [1.29, 1.82) is 0 Å². The van der Waals surface area contributed by atoms with Gasteiger partial charge in [0.1, 0.15) is 18.1 Å². The summed E-state index contributed by atoms with van der Waals surface area (Å²) in [5.41, 5.74) is 16.5. The van der Waals surface area contributed by atoms with E-state index in [1.165, 1.54) is 34.1 Å². The molecule has 1 aromatic carbocycles. The molecule has 39 heavy (non-hydrogen) atoms. The average molecular weight is 546 g/mol. The van der Waals surface area contributed by atoms with Crippen LogP contribution in [0, 0.1) is 10.1 Å². The fourth-order valence-corrected chi connectivity index (χ4v) is 4.88. The minimum Gasteiger partial charge on any atom is -0.370 e. The molecule has 212 valence electrons. The third kappa shape index (κ3) is 7.63. The molecule has 1 aromatic rings. The van der Waals surface area contributed by atoms with Crippen molar-refractivity contribution in [2.24, 2.45) is 22.2 Å². The average Bonchev–Trinajstić information content (AvgIpc) is 3.60. The third-order valence-corrected chi connectivity index (χ3v) is 6.79. The van der Waals surface area contributed by atoms with Crippen molar-refractivity contribution >= 4 is 41.0 Å². The van der Waals surface area contributed by atoms with E-state index >= 15 is 0 Å². The number of carbonyl (C=O) groups is 4. The quantitative estimate of drug-likeness (QED) is 0.0754. The number of nitrogens with two attached hydrogens (primary N) is 3. The summed E-state index contributed by atoms with van der Waals surface area (Å²) in [7, 11) is 0. The molecule has 2 aliphatic heterocycles. The first-order chi connectivity index (χ1) is 18.6. The highest BCUT2D eigenvalue weighted by Crippen LogP contribution is 2.23. The van der Waals surface area contributed by atoms with Crippen molar-refractivity contribution in [3.63, 3.8) is 0 Å². The second-order valence-corrected chi connectivity index (χ2v) is 9.44. The number of likely N-dealkylation sites (tertiary alicyclic amines) is 2. The fraction of sp³-hybridized carbons (Fsp3) is 0.542. The number of nitrogens with one attached hydrogen (secondary N) is 2. The predicted molar refractivity (Wildman–Crippen MR) is 142 cm³/mol. The van der Waals surface area contributed by atoms with Crippen LogP contribution in [0.15, 0.2) is 29.3 Å². The maximum Gasteiger partial charge on any atom is 0.269 e. The van der Waals surface area contributed by atoms with Gasteiger partial charge in [-0.3, -0.25) is 34.3 Å². The first kappa shape index (κ1) is 29.3. The second-order valence-electron chi connectivity index (χ2n) is 9.44. The Morgan fingerprint density at radius 3 is 2.23 bits per heavy atom. The van der Waals surface area contributed by atoms with Gasteiger partial charge in [0.05, 0.1) is 11.5 Å². The van der Waals surface area contributed by atoms with E-state index in [1.54, 1.807) is 0 Å². The van der Waals surface area contributed by atoms with Crippen LogP contribution in [0.4, 0.5) is 11.4 Å². The Kier molecular flexibility index (Phi) is 10.1. The summed E-state index contributed by atoms with van der Waals surface area (Å²) >= 11 is 0. The normalized spacial score (nSPS) is 19.3. The summed E-state index contributed by atoms with van der Waals surface area (Å²) in [6.07, 6.45) is 2.70. The molecular weight excluding hydrogens is 510 g/mol. The number of non-ortho nitro benzene ring substituents is 1. The number of hydrogen-bond donors (Lipinski definition) is 5. The van der Waals surface area contributed by atoms with E-state index in [9.17, 15) is 29.3 Å². The molecule has 0 aliphatic carbocycles. The van der Waals surface area contributed by atoms with Crippen LogP contribution in [0.25, 0.3) is 0 Å². The smallest absolute Gasteiger partial charge is 0.269 e. The molecule has 4 amide bonds. The van der Waals surface area contributed by atoms with Crippen molar-refractivity contribution in [1.82, 2.24) is 15.1 Å². The molecule has 0 saturated carbocycles. The van der Waals surface area contributed by atoms with E-state index in [-0.39, 0.29) is 37.1 Å². The molecule has 2 fully saturated rings. The van der Waals surface area contributed by atoms with Crippen molar-refractivity contribution in [3.8, 4) is 0 Å². The lowest BCUT2D eigenvalue weighted by atomic mass is 10.1. The van der Waals surface area contributed by atoms with Gasteiger partial charge in [-0.05, 0) is 50.7 Å². The molecule has 15 heteroatoms. The standard InChI is InChI=1S/C24H35N9O6/c25-14-20(34)31-12-2-5-18(31)22(36)30-17(4-1-11-28-24(26)27)23(37)32-13-3-6-19(32)21(35)29-15-7-9-16(10-8-15)33(38)39/h7-10,17-19H,1-6,11-14,25H2,(H,29,35)(H,30,36)(H4,26,27,28)/t17-,18-,19-/m0/s1. The molecule has 0 aromatic heterocycles. The van der Waals surface area contributed by atoms with Crippen LogP contribution in [0.5, 0.6) is 0 Å². The van der Waals surface area contributed by atoms with Crippen molar-refractivity contribution in [2.75, 3.05) is 31.5 Å². The number of rotatable bonds is 11. The third-order valence-electron chi connectivity index (χ3n) is 6.79. The molecule has 0 bridgehead atoms. The maximum atomic E-state index is 13.7. The van der Waals surface area contributed by atoms with Gasteiger partial charge in [0, 0.05) is 37.5 Å². The van der Waals surface area contributed by atoms with Gasteiger partial charge < -0.3 is 37.6 Å². The lowest BCUT2D eigenvalue weighted by molar-refractivity contribution is -0.384. The fourth-order valence-electron chi connectivity index (χ4n) is 4.88. The number of nitrogens with zero attached hydrogens (tertiary/aromatic N) is 4. The Morgan fingerprint density at radius 1 is 1.03 bits per heavy atom. The lowest BCUT2D eigenvalue weighted by Crippen LogP contribution is -2.56. The van der Waals surface area contributed by atoms with Crippen LogP contribution in [-0.2, 0) is 19.2 Å². The molecule has 0 unspecified atom stereocenters.